The lowest BCUT2D eigenvalue weighted by Gasteiger charge is -2.06. The van der Waals surface area contributed by atoms with Crippen molar-refractivity contribution < 1.29 is 4.79 Å². The fraction of sp³-hybridized carbons (Fsp3) is 0.857. The van der Waals surface area contributed by atoms with Crippen molar-refractivity contribution in [2.75, 3.05) is 11.5 Å². The van der Waals surface area contributed by atoms with Gasteiger partial charge in [0.1, 0.15) is 0 Å². The summed E-state index contributed by atoms with van der Waals surface area (Å²) in [5.41, 5.74) is 0. The summed E-state index contributed by atoms with van der Waals surface area (Å²) < 4.78 is 0. The SMILES string of the molecule is CCC1SCCCSC1=O. The first-order chi connectivity index (χ1) is 4.84. The highest BCUT2D eigenvalue weighted by atomic mass is 32.2. The number of hydrogen-bond donors (Lipinski definition) is 0. The lowest BCUT2D eigenvalue weighted by molar-refractivity contribution is -0.110. The maximum Gasteiger partial charge on any atom is 0.201 e. The molecule has 1 nitrogen and oxygen atoms in total. The molecule has 0 bridgehead atoms. The summed E-state index contributed by atoms with van der Waals surface area (Å²) in [6.45, 7) is 2.08. The molecule has 1 unspecified atom stereocenters. The Bertz CT molecular complexity index is 125. The molecule has 10 heavy (non-hydrogen) atoms. The Morgan fingerprint density at radius 2 is 2.40 bits per heavy atom. The van der Waals surface area contributed by atoms with Crippen molar-refractivity contribution >= 4 is 28.6 Å². The minimum absolute atomic E-state index is 0.285. The van der Waals surface area contributed by atoms with E-state index in [-0.39, 0.29) is 5.25 Å². The van der Waals surface area contributed by atoms with E-state index in [2.05, 4.69) is 6.92 Å². The molecule has 0 radical (unpaired) electrons. The smallest absolute Gasteiger partial charge is 0.201 e. The van der Waals surface area contributed by atoms with Gasteiger partial charge < -0.3 is 0 Å². The highest BCUT2D eigenvalue weighted by Gasteiger charge is 2.19. The average molecular weight is 176 g/mol. The Hall–Kier alpha value is 0.370. The van der Waals surface area contributed by atoms with Crippen molar-refractivity contribution in [2.45, 2.75) is 25.0 Å². The van der Waals surface area contributed by atoms with Crippen LogP contribution in [0.4, 0.5) is 0 Å². The first-order valence-corrected chi connectivity index (χ1v) is 5.66. The van der Waals surface area contributed by atoms with Gasteiger partial charge in [0.2, 0.25) is 5.12 Å². The van der Waals surface area contributed by atoms with Crippen LogP contribution in [0.15, 0.2) is 0 Å². The zero-order valence-corrected chi connectivity index (χ0v) is 7.76. The van der Waals surface area contributed by atoms with Gasteiger partial charge in [0.05, 0.1) is 5.25 Å². The maximum absolute atomic E-state index is 11.2. The van der Waals surface area contributed by atoms with Crippen LogP contribution in [0.3, 0.4) is 0 Å². The van der Waals surface area contributed by atoms with E-state index in [9.17, 15) is 4.79 Å². The molecule has 0 aromatic heterocycles. The van der Waals surface area contributed by atoms with Crippen molar-refractivity contribution in [3.63, 3.8) is 0 Å². The molecule has 0 aliphatic carbocycles. The maximum atomic E-state index is 11.2. The number of carbonyl (C=O) groups is 1. The van der Waals surface area contributed by atoms with E-state index in [1.807, 2.05) is 11.8 Å². The standard InChI is InChI=1S/C7H12OS2/c1-2-6-7(8)10-5-3-4-9-6/h6H,2-5H2,1H3. The monoisotopic (exact) mass is 176 g/mol. The number of rotatable bonds is 1. The van der Waals surface area contributed by atoms with Gasteiger partial charge in [-0.05, 0) is 18.6 Å². The molecule has 0 amide bonds. The van der Waals surface area contributed by atoms with Gasteiger partial charge >= 0.3 is 0 Å². The van der Waals surface area contributed by atoms with E-state index in [1.165, 1.54) is 18.2 Å². The van der Waals surface area contributed by atoms with Crippen molar-refractivity contribution in [3.05, 3.63) is 0 Å². The van der Waals surface area contributed by atoms with Crippen LogP contribution in [0.1, 0.15) is 19.8 Å². The van der Waals surface area contributed by atoms with E-state index in [0.29, 0.717) is 5.12 Å². The van der Waals surface area contributed by atoms with Crippen LogP contribution in [0, 0.1) is 0 Å². The number of carbonyl (C=O) groups excluding carboxylic acids is 1. The third-order valence-electron chi connectivity index (χ3n) is 1.49. The van der Waals surface area contributed by atoms with Crippen LogP contribution >= 0.6 is 23.5 Å². The molecule has 1 aliphatic rings. The molecule has 1 saturated heterocycles. The quantitative estimate of drug-likeness (QED) is 0.609. The van der Waals surface area contributed by atoms with Gasteiger partial charge in [0.25, 0.3) is 0 Å². The topological polar surface area (TPSA) is 17.1 Å². The minimum Gasteiger partial charge on any atom is -0.286 e. The molecule has 0 saturated carbocycles. The highest BCUT2D eigenvalue weighted by Crippen LogP contribution is 2.26. The van der Waals surface area contributed by atoms with Crippen LogP contribution in [0.2, 0.25) is 0 Å². The predicted molar refractivity (Wildman–Crippen MR) is 48.6 cm³/mol. The van der Waals surface area contributed by atoms with Crippen molar-refractivity contribution in [1.82, 2.24) is 0 Å². The average Bonchev–Trinajstić information content (AvgIpc) is 2.13. The summed E-state index contributed by atoms with van der Waals surface area (Å²) in [4.78, 5) is 11.2. The molecule has 0 spiro atoms. The summed E-state index contributed by atoms with van der Waals surface area (Å²) in [6.07, 6.45) is 2.19. The molecule has 1 heterocycles. The van der Waals surface area contributed by atoms with Crippen LogP contribution in [0.25, 0.3) is 0 Å². The summed E-state index contributed by atoms with van der Waals surface area (Å²) in [5.74, 6) is 2.19. The Labute approximate surface area is 70.3 Å². The lowest BCUT2D eigenvalue weighted by Crippen LogP contribution is -2.10. The van der Waals surface area contributed by atoms with Crippen molar-refractivity contribution in [3.8, 4) is 0 Å². The Kier molecular flexibility index (Phi) is 3.63. The van der Waals surface area contributed by atoms with E-state index < -0.39 is 0 Å². The minimum atomic E-state index is 0.285. The fourth-order valence-electron chi connectivity index (χ4n) is 0.903. The van der Waals surface area contributed by atoms with Gasteiger partial charge in [-0.1, -0.05) is 18.7 Å². The van der Waals surface area contributed by atoms with Gasteiger partial charge in [-0.3, -0.25) is 4.79 Å². The Morgan fingerprint density at radius 1 is 1.60 bits per heavy atom. The fourth-order valence-corrected chi connectivity index (χ4v) is 3.30. The molecular weight excluding hydrogens is 164 g/mol. The molecule has 0 aromatic carbocycles. The normalized spacial score (nSPS) is 28.1. The van der Waals surface area contributed by atoms with Gasteiger partial charge in [-0.2, -0.15) is 0 Å². The third kappa shape index (κ3) is 2.20. The molecule has 0 aromatic rings. The van der Waals surface area contributed by atoms with Crippen LogP contribution < -0.4 is 0 Å². The Balaban J connectivity index is 2.43. The van der Waals surface area contributed by atoms with Gasteiger partial charge in [-0.15, -0.1) is 11.8 Å². The molecule has 1 fully saturated rings. The second kappa shape index (κ2) is 4.29. The Morgan fingerprint density at radius 3 is 3.10 bits per heavy atom. The van der Waals surface area contributed by atoms with Gasteiger partial charge in [-0.25, -0.2) is 0 Å². The molecule has 0 N–H and O–H groups in total. The second-order valence-corrected chi connectivity index (χ2v) is 4.70. The zero-order chi connectivity index (χ0) is 7.40. The summed E-state index contributed by atoms with van der Waals surface area (Å²) >= 11 is 3.33. The summed E-state index contributed by atoms with van der Waals surface area (Å²) in [7, 11) is 0. The molecular formula is C7H12OS2. The largest absolute Gasteiger partial charge is 0.286 e. The van der Waals surface area contributed by atoms with Crippen LogP contribution in [-0.4, -0.2) is 21.9 Å². The molecule has 1 rings (SSSR count). The molecule has 1 aliphatic heterocycles. The molecule has 1 atom stereocenters. The lowest BCUT2D eigenvalue weighted by atomic mass is 10.4. The second-order valence-electron chi connectivity index (χ2n) is 2.29. The van der Waals surface area contributed by atoms with Gasteiger partial charge in [0, 0.05) is 5.75 Å². The molecule has 3 heteroatoms. The van der Waals surface area contributed by atoms with E-state index in [1.54, 1.807) is 0 Å². The van der Waals surface area contributed by atoms with E-state index in [4.69, 9.17) is 0 Å². The van der Waals surface area contributed by atoms with E-state index >= 15 is 0 Å². The first kappa shape index (κ1) is 8.47. The van der Waals surface area contributed by atoms with Gasteiger partial charge in [0.15, 0.2) is 0 Å². The number of hydrogen-bond acceptors (Lipinski definition) is 3. The first-order valence-electron chi connectivity index (χ1n) is 3.63. The summed E-state index contributed by atoms with van der Waals surface area (Å²) in [6, 6.07) is 0. The van der Waals surface area contributed by atoms with Crippen molar-refractivity contribution in [2.24, 2.45) is 0 Å². The third-order valence-corrected chi connectivity index (χ3v) is 4.17. The van der Waals surface area contributed by atoms with Crippen molar-refractivity contribution in [1.29, 1.82) is 0 Å². The number of thioether (sulfide) groups is 2. The summed E-state index contributed by atoms with van der Waals surface area (Å²) in [5, 5.41) is 0.678. The highest BCUT2D eigenvalue weighted by molar-refractivity contribution is 8.16. The zero-order valence-electron chi connectivity index (χ0n) is 6.13. The predicted octanol–water partition coefficient (Wildman–Crippen LogP) is 2.16. The van der Waals surface area contributed by atoms with Crippen LogP contribution in [0.5, 0.6) is 0 Å². The molecule has 58 valence electrons. The van der Waals surface area contributed by atoms with E-state index in [0.717, 1.165) is 17.9 Å². The van der Waals surface area contributed by atoms with Crippen LogP contribution in [-0.2, 0) is 4.79 Å².